The van der Waals surface area contributed by atoms with Crippen LogP contribution in [0.4, 0.5) is 13.2 Å². The predicted molar refractivity (Wildman–Crippen MR) is 103 cm³/mol. The van der Waals surface area contributed by atoms with Crippen LogP contribution >= 0.6 is 23.1 Å². The molecule has 1 aromatic carbocycles. The van der Waals surface area contributed by atoms with Gasteiger partial charge in [0.25, 0.3) is 11.7 Å². The van der Waals surface area contributed by atoms with Crippen LogP contribution in [0.25, 0.3) is 0 Å². The number of hydrogen-bond acceptors (Lipinski definition) is 4. The molecule has 0 spiro atoms. The summed E-state index contributed by atoms with van der Waals surface area (Å²) in [6, 6.07) is 7.46. The molecule has 1 fully saturated rings. The first-order valence-corrected chi connectivity index (χ1v) is 10.5. The lowest BCUT2D eigenvalue weighted by molar-refractivity contribution is -0.126. The van der Waals surface area contributed by atoms with Crippen molar-refractivity contribution < 1.29 is 22.8 Å². The van der Waals surface area contributed by atoms with Crippen molar-refractivity contribution in [3.8, 4) is 0 Å². The zero-order valence-electron chi connectivity index (χ0n) is 14.9. The lowest BCUT2D eigenvalue weighted by atomic mass is 9.95. The molecule has 1 aliphatic heterocycles. The Morgan fingerprint density at radius 3 is 2.50 bits per heavy atom. The van der Waals surface area contributed by atoms with Gasteiger partial charge in [0.1, 0.15) is 10.7 Å². The van der Waals surface area contributed by atoms with Crippen molar-refractivity contribution in [2.45, 2.75) is 30.0 Å². The molecular weight excluding hydrogens is 409 g/mol. The highest BCUT2D eigenvalue weighted by molar-refractivity contribution is 7.99. The van der Waals surface area contributed by atoms with Crippen LogP contribution in [0, 0.1) is 11.7 Å². The maximum absolute atomic E-state index is 12.9. The van der Waals surface area contributed by atoms with Crippen LogP contribution in [0.1, 0.15) is 28.1 Å². The lowest BCUT2D eigenvalue weighted by Crippen LogP contribution is -2.42. The predicted octanol–water partition coefficient (Wildman–Crippen LogP) is 4.37. The first-order chi connectivity index (χ1) is 13.4. The maximum atomic E-state index is 12.9. The zero-order chi connectivity index (χ0) is 20.1. The minimum Gasteiger partial charge on any atom is -0.352 e. The summed E-state index contributed by atoms with van der Waals surface area (Å²) < 4.78 is 38.1. The van der Waals surface area contributed by atoms with Crippen LogP contribution < -0.4 is 5.32 Å². The molecular formula is C19H19F3N2O2S2. The topological polar surface area (TPSA) is 49.4 Å². The van der Waals surface area contributed by atoms with E-state index in [1.165, 1.54) is 18.2 Å². The van der Waals surface area contributed by atoms with Crippen LogP contribution in [0.5, 0.6) is 0 Å². The molecule has 1 saturated heterocycles. The van der Waals surface area contributed by atoms with E-state index in [1.807, 2.05) is 0 Å². The van der Waals surface area contributed by atoms with E-state index in [2.05, 4.69) is 5.32 Å². The summed E-state index contributed by atoms with van der Waals surface area (Å²) >= 11 is 1.53. The van der Waals surface area contributed by atoms with Crippen molar-refractivity contribution in [2.24, 2.45) is 5.92 Å². The summed E-state index contributed by atoms with van der Waals surface area (Å²) in [4.78, 5) is 27.2. The molecule has 2 aromatic rings. The number of hydrogen-bond donors (Lipinski definition) is 1. The van der Waals surface area contributed by atoms with Crippen LogP contribution in [0.2, 0.25) is 0 Å². The van der Waals surface area contributed by atoms with Gasteiger partial charge >= 0.3 is 0 Å². The molecule has 1 aromatic heterocycles. The van der Waals surface area contributed by atoms with Crippen LogP contribution in [-0.2, 0) is 11.3 Å². The third-order valence-corrected chi connectivity index (χ3v) is 6.38. The number of nitrogens with one attached hydrogen (secondary N) is 1. The number of carbonyl (C=O) groups excluding carboxylic acids is 2. The fourth-order valence-corrected chi connectivity index (χ4v) is 4.73. The fourth-order valence-electron chi connectivity index (χ4n) is 3.07. The van der Waals surface area contributed by atoms with Gasteiger partial charge in [-0.05, 0) is 42.0 Å². The monoisotopic (exact) mass is 428 g/mol. The van der Waals surface area contributed by atoms with Gasteiger partial charge in [-0.2, -0.15) is 8.78 Å². The standard InChI is InChI=1S/C19H19F3N2O2S2/c20-14-3-1-12(2-4-14)11-23-17(25)13-5-8-24(9-6-13)18(26)16-15(7-10-27-16)28-19(21)22/h1-4,7,10,13,19H,5-6,8-9,11H2,(H,23,25). The van der Waals surface area contributed by atoms with Gasteiger partial charge in [0.2, 0.25) is 5.91 Å². The second kappa shape index (κ2) is 9.47. The van der Waals surface area contributed by atoms with E-state index < -0.39 is 5.76 Å². The smallest absolute Gasteiger partial charge is 0.288 e. The van der Waals surface area contributed by atoms with E-state index in [0.717, 1.165) is 16.9 Å². The molecule has 0 aliphatic carbocycles. The Labute approximate surface area is 169 Å². The number of thiophene rings is 1. The Morgan fingerprint density at radius 1 is 1.18 bits per heavy atom. The number of nitrogens with zero attached hydrogens (tertiary/aromatic N) is 1. The van der Waals surface area contributed by atoms with Crippen LogP contribution in [0.15, 0.2) is 40.6 Å². The van der Waals surface area contributed by atoms with E-state index in [4.69, 9.17) is 0 Å². The minimum atomic E-state index is -2.57. The summed E-state index contributed by atoms with van der Waals surface area (Å²) in [7, 11) is 0. The van der Waals surface area contributed by atoms with Crippen molar-refractivity contribution in [1.29, 1.82) is 0 Å². The van der Waals surface area contributed by atoms with E-state index in [0.29, 0.717) is 54.0 Å². The Kier molecular flexibility index (Phi) is 7.01. The van der Waals surface area contributed by atoms with Crippen molar-refractivity contribution >= 4 is 34.9 Å². The molecule has 0 bridgehead atoms. The fraction of sp³-hybridized carbons (Fsp3) is 0.368. The third kappa shape index (κ3) is 5.29. The molecule has 1 aliphatic rings. The Hall–Kier alpha value is -2.00. The molecule has 3 rings (SSSR count). The van der Waals surface area contributed by atoms with Gasteiger partial charge in [-0.15, -0.1) is 11.3 Å². The van der Waals surface area contributed by atoms with Crippen molar-refractivity contribution in [2.75, 3.05) is 13.1 Å². The van der Waals surface area contributed by atoms with E-state index in [-0.39, 0.29) is 23.5 Å². The molecule has 150 valence electrons. The van der Waals surface area contributed by atoms with Gasteiger partial charge < -0.3 is 10.2 Å². The maximum Gasteiger partial charge on any atom is 0.288 e. The number of amides is 2. The summed E-state index contributed by atoms with van der Waals surface area (Å²) in [5.41, 5.74) is 0.809. The second-order valence-corrected chi connectivity index (χ2v) is 8.35. The Balaban J connectivity index is 1.50. The first kappa shape index (κ1) is 20.7. The number of halogens is 3. The lowest BCUT2D eigenvalue weighted by Gasteiger charge is -2.31. The van der Waals surface area contributed by atoms with Crippen LogP contribution in [0.3, 0.4) is 0 Å². The molecule has 0 saturated carbocycles. The van der Waals surface area contributed by atoms with E-state index in [9.17, 15) is 22.8 Å². The highest BCUT2D eigenvalue weighted by Crippen LogP contribution is 2.33. The van der Waals surface area contributed by atoms with E-state index in [1.54, 1.807) is 22.4 Å². The molecule has 0 radical (unpaired) electrons. The number of alkyl halides is 2. The van der Waals surface area contributed by atoms with Crippen molar-refractivity contribution in [1.82, 2.24) is 10.2 Å². The molecule has 9 heteroatoms. The van der Waals surface area contributed by atoms with Crippen LogP contribution in [-0.4, -0.2) is 35.6 Å². The van der Waals surface area contributed by atoms with Gasteiger partial charge in [-0.25, -0.2) is 4.39 Å². The van der Waals surface area contributed by atoms with Gasteiger partial charge in [-0.1, -0.05) is 23.9 Å². The summed E-state index contributed by atoms with van der Waals surface area (Å²) in [6.07, 6.45) is 1.04. The normalized spacial score (nSPS) is 15.1. The third-order valence-electron chi connectivity index (χ3n) is 4.57. The average Bonchev–Trinajstić information content (AvgIpc) is 3.14. The quantitative estimate of drug-likeness (QED) is 0.695. The minimum absolute atomic E-state index is 0.0958. The first-order valence-electron chi connectivity index (χ1n) is 8.78. The van der Waals surface area contributed by atoms with Crippen molar-refractivity contribution in [3.05, 3.63) is 52.0 Å². The van der Waals surface area contributed by atoms with Gasteiger partial charge in [0.05, 0.1) is 0 Å². The number of carbonyl (C=O) groups is 2. The highest BCUT2D eigenvalue weighted by Gasteiger charge is 2.29. The largest absolute Gasteiger partial charge is 0.352 e. The zero-order valence-corrected chi connectivity index (χ0v) is 16.5. The number of rotatable bonds is 6. The van der Waals surface area contributed by atoms with Crippen molar-refractivity contribution in [3.63, 3.8) is 0 Å². The van der Waals surface area contributed by atoms with Gasteiger partial charge in [-0.3, -0.25) is 9.59 Å². The molecule has 2 amide bonds. The summed E-state index contributed by atoms with van der Waals surface area (Å²) in [6.45, 7) is 1.13. The summed E-state index contributed by atoms with van der Waals surface area (Å²) in [5, 5.41) is 4.47. The highest BCUT2D eigenvalue weighted by atomic mass is 32.2. The molecule has 0 unspecified atom stereocenters. The second-order valence-electron chi connectivity index (χ2n) is 6.40. The van der Waals surface area contributed by atoms with Gasteiger partial charge in [0.15, 0.2) is 0 Å². The number of benzene rings is 1. The number of thioether (sulfide) groups is 1. The molecule has 0 atom stereocenters. The SMILES string of the molecule is O=C(NCc1ccc(F)cc1)C1CCN(C(=O)c2sccc2SC(F)F)CC1. The van der Waals surface area contributed by atoms with E-state index >= 15 is 0 Å². The molecule has 28 heavy (non-hydrogen) atoms. The Morgan fingerprint density at radius 2 is 1.86 bits per heavy atom. The molecule has 4 nitrogen and oxygen atoms in total. The number of likely N-dealkylation sites (tertiary alicyclic amines) is 1. The summed E-state index contributed by atoms with van der Waals surface area (Å²) in [5.74, 6) is -3.46. The molecule has 2 heterocycles. The average molecular weight is 429 g/mol. The number of piperidine rings is 1. The van der Waals surface area contributed by atoms with Gasteiger partial charge in [0, 0.05) is 30.4 Å². The molecule has 1 N–H and O–H groups in total. The Bertz CT molecular complexity index is 819.